The van der Waals surface area contributed by atoms with Gasteiger partial charge in [0.1, 0.15) is 0 Å². The van der Waals surface area contributed by atoms with Crippen LogP contribution < -0.4 is 22.6 Å². The number of carbonyl (C=O) groups excluding carboxylic acids is 2. The minimum atomic E-state index is -0.920. The molecule has 0 aromatic heterocycles. The van der Waals surface area contributed by atoms with Gasteiger partial charge in [-0.1, -0.05) is 102 Å². The van der Waals surface area contributed by atoms with E-state index in [2.05, 4.69) is 48.5 Å². The van der Waals surface area contributed by atoms with Gasteiger partial charge in [0, 0.05) is 11.9 Å². The Labute approximate surface area is 240 Å². The standard InChI is InChI=1S/2C8H16O2.5C2H5.2Al.ClH.Co/c2*1-2-3-4-5-6-7-8(9)10;5*1-2;;;;/h2*2-7H2,1H3,(H,9,10);5*1H2,2H3;;;1H;/q;;;;;;;;+1;;+2/p-3. The summed E-state index contributed by atoms with van der Waals surface area (Å²) >= 11 is 0.644. The van der Waals surface area contributed by atoms with Crippen molar-refractivity contribution >= 4 is 41.3 Å². The van der Waals surface area contributed by atoms with Crippen LogP contribution in [-0.4, -0.2) is 41.3 Å². The molecule has 34 heavy (non-hydrogen) atoms. The topological polar surface area (TPSA) is 80.3 Å². The zero-order valence-electron chi connectivity index (χ0n) is 23.5. The maximum absolute atomic E-state index is 9.92. The normalized spacial score (nSPS) is 8.56. The van der Waals surface area contributed by atoms with Crippen LogP contribution in [0.2, 0.25) is 26.4 Å². The second kappa shape index (κ2) is 47.1. The van der Waals surface area contributed by atoms with Crippen molar-refractivity contribution in [3.8, 4) is 0 Å². The summed E-state index contributed by atoms with van der Waals surface area (Å²) in [5.74, 6) is -1.84. The Kier molecular flexibility index (Phi) is 66.3. The summed E-state index contributed by atoms with van der Waals surface area (Å²) in [5, 5.41) is 27.2. The fourth-order valence-corrected chi connectivity index (χ4v) is 5.21. The molecule has 0 aromatic carbocycles. The number of rotatable bonds is 17. The van der Waals surface area contributed by atoms with E-state index in [9.17, 15) is 19.8 Å². The van der Waals surface area contributed by atoms with E-state index in [1.165, 1.54) is 52.1 Å². The van der Waals surface area contributed by atoms with Crippen molar-refractivity contribution in [3.63, 3.8) is 0 Å². The molecule has 0 aromatic rings. The monoisotopic (exact) mass is 579 g/mol. The molecule has 0 bridgehead atoms. The summed E-state index contributed by atoms with van der Waals surface area (Å²) in [6, 6.07) is 0. The summed E-state index contributed by atoms with van der Waals surface area (Å²) in [4.78, 5) is 19.8. The molecule has 0 unspecified atom stereocenters. The third kappa shape index (κ3) is 63.8. The fourth-order valence-electron chi connectivity index (χ4n) is 2.90. The molecule has 0 aliphatic rings. The van der Waals surface area contributed by atoms with E-state index in [0.29, 0.717) is 0 Å². The maximum Gasteiger partial charge on any atom is 2.00 e. The Hall–Kier alpha value is 0.801. The van der Waals surface area contributed by atoms with Gasteiger partial charge in [0.2, 0.25) is 0 Å². The molecule has 0 spiro atoms. The zero-order valence-corrected chi connectivity index (χ0v) is 27.6. The molecule has 0 aliphatic carbocycles. The van der Waals surface area contributed by atoms with Crippen LogP contribution in [-0.2, 0) is 26.4 Å². The van der Waals surface area contributed by atoms with E-state index < -0.39 is 11.9 Å². The van der Waals surface area contributed by atoms with Gasteiger partial charge in [-0.3, -0.25) is 0 Å². The predicted octanol–water partition coefficient (Wildman–Crippen LogP) is 3.30. The second-order valence-corrected chi connectivity index (χ2v) is 14.7. The summed E-state index contributed by atoms with van der Waals surface area (Å²) in [6.45, 7) is 15.7. The van der Waals surface area contributed by atoms with Crippen LogP contribution in [0.3, 0.4) is 0 Å². The van der Waals surface area contributed by atoms with Crippen LogP contribution in [0.1, 0.15) is 126 Å². The third-order valence-electron chi connectivity index (χ3n) is 5.28. The van der Waals surface area contributed by atoms with Crippen LogP contribution in [0.5, 0.6) is 0 Å². The number of carbonyl (C=O) groups is 2. The van der Waals surface area contributed by atoms with E-state index >= 15 is 0 Å². The number of halogens is 1. The van der Waals surface area contributed by atoms with Gasteiger partial charge in [-0.2, -0.15) is 0 Å². The van der Waals surface area contributed by atoms with Crippen LogP contribution in [0.4, 0.5) is 0 Å². The van der Waals surface area contributed by atoms with Gasteiger partial charge in [-0.15, -0.1) is 0 Å². The first-order chi connectivity index (χ1) is 15.3. The molecule has 1 radical (unpaired) electrons. The molecule has 8 heteroatoms. The second-order valence-electron chi connectivity index (χ2n) is 8.27. The van der Waals surface area contributed by atoms with Gasteiger partial charge >= 0.3 is 56.4 Å². The first-order valence-corrected chi connectivity index (χ1v) is 17.6. The van der Waals surface area contributed by atoms with Crippen molar-refractivity contribution in [1.29, 1.82) is 0 Å². The van der Waals surface area contributed by atoms with E-state index in [1.54, 1.807) is 0 Å². The predicted molar refractivity (Wildman–Crippen MR) is 141 cm³/mol. The molecule has 4 nitrogen and oxygen atoms in total. The summed E-state index contributed by atoms with van der Waals surface area (Å²) in [7, 11) is 0. The molecule has 0 atom stereocenters. The molecular weight excluding hydrogens is 525 g/mol. The molecular formula is C26H55Al2ClCoO4. The quantitative estimate of drug-likeness (QED) is 0.196. The SMILES string of the molecule is CCCCCCCC(=O)[O-].CCCCCCCC(=O)[O-].C[CH2][Al+][CH2]C.C[CH2][Al]([CH2]C)[CH2]C.[Cl-].[Co+2]. The Balaban J connectivity index is -0.0000000777. The molecule has 0 saturated carbocycles. The van der Waals surface area contributed by atoms with E-state index in [4.69, 9.17) is 0 Å². The number of hydrogen-bond donors (Lipinski definition) is 0. The number of unbranched alkanes of at least 4 members (excludes halogenated alkanes) is 8. The van der Waals surface area contributed by atoms with Gasteiger partial charge in [0.15, 0.2) is 0 Å². The van der Waals surface area contributed by atoms with Crippen molar-refractivity contribution in [1.82, 2.24) is 0 Å². The number of carboxylic acid groups (broad SMARTS) is 2. The van der Waals surface area contributed by atoms with Gasteiger partial charge in [-0.25, -0.2) is 0 Å². The minimum absolute atomic E-state index is 0. The van der Waals surface area contributed by atoms with Crippen molar-refractivity contribution < 1.29 is 49.0 Å². The molecule has 0 rings (SSSR count). The van der Waals surface area contributed by atoms with Crippen molar-refractivity contribution in [2.45, 2.75) is 152 Å². The van der Waals surface area contributed by atoms with Gasteiger partial charge < -0.3 is 32.2 Å². The third-order valence-corrected chi connectivity index (χ3v) is 9.90. The average molecular weight is 580 g/mol. The number of aliphatic carboxylic acids is 2. The molecule has 0 N–H and O–H groups in total. The summed E-state index contributed by atoms with van der Waals surface area (Å²) < 4.78 is 0. The Morgan fingerprint density at radius 3 is 1.03 bits per heavy atom. The first kappa shape index (κ1) is 47.9. The number of carboxylic acids is 2. The molecule has 0 amide bonds. The van der Waals surface area contributed by atoms with E-state index in [1.807, 2.05) is 0 Å². The van der Waals surface area contributed by atoms with Gasteiger partial charge in [0.25, 0.3) is 14.1 Å². The van der Waals surface area contributed by atoms with Crippen LogP contribution in [0, 0.1) is 0 Å². The van der Waals surface area contributed by atoms with E-state index in [-0.39, 0.29) is 56.2 Å². The smallest absolute Gasteiger partial charge is 1.00 e. The van der Waals surface area contributed by atoms with Crippen LogP contribution in [0.25, 0.3) is 0 Å². The molecule has 0 fully saturated rings. The fraction of sp³-hybridized carbons (Fsp3) is 0.923. The average Bonchev–Trinajstić information content (AvgIpc) is 2.76. The van der Waals surface area contributed by atoms with Crippen molar-refractivity contribution in [2.24, 2.45) is 0 Å². The van der Waals surface area contributed by atoms with Gasteiger partial charge in [0.05, 0.1) is 0 Å². The largest absolute Gasteiger partial charge is 2.00 e. The maximum atomic E-state index is 9.92. The Morgan fingerprint density at radius 2 is 0.882 bits per heavy atom. The summed E-state index contributed by atoms with van der Waals surface area (Å²) in [5.41, 5.74) is 0. The van der Waals surface area contributed by atoms with Crippen molar-refractivity contribution in [2.75, 3.05) is 0 Å². The first-order valence-electron chi connectivity index (χ1n) is 13.5. The van der Waals surface area contributed by atoms with Crippen LogP contribution in [0.15, 0.2) is 0 Å². The Bertz CT molecular complexity index is 330. The molecule has 205 valence electrons. The van der Waals surface area contributed by atoms with Gasteiger partial charge in [-0.05, 0) is 25.7 Å². The molecule has 0 heterocycles. The van der Waals surface area contributed by atoms with Crippen LogP contribution >= 0.6 is 0 Å². The van der Waals surface area contributed by atoms with E-state index in [0.717, 1.165) is 53.7 Å². The zero-order chi connectivity index (χ0) is 25.5. The minimum Gasteiger partial charge on any atom is -1.00 e. The molecule has 0 aliphatic heterocycles. The number of hydrogen-bond acceptors (Lipinski definition) is 4. The Morgan fingerprint density at radius 1 is 0.588 bits per heavy atom. The summed E-state index contributed by atoms with van der Waals surface area (Å²) in [6.07, 6.45) is 11.2. The van der Waals surface area contributed by atoms with Crippen molar-refractivity contribution in [3.05, 3.63) is 0 Å². The molecule has 0 saturated heterocycles.